The van der Waals surface area contributed by atoms with Gasteiger partial charge in [0.2, 0.25) is 10.0 Å². The summed E-state index contributed by atoms with van der Waals surface area (Å²) in [5.74, 6) is -1.37. The highest BCUT2D eigenvalue weighted by Crippen LogP contribution is 2.11. The van der Waals surface area contributed by atoms with E-state index in [4.69, 9.17) is 5.11 Å². The highest BCUT2D eigenvalue weighted by Gasteiger charge is 2.27. The van der Waals surface area contributed by atoms with Crippen LogP contribution in [0.5, 0.6) is 0 Å². The number of aryl methyl sites for hydroxylation is 1. The molecule has 2 N–H and O–H groups in total. The van der Waals surface area contributed by atoms with Crippen molar-refractivity contribution >= 4 is 27.3 Å². The van der Waals surface area contributed by atoms with E-state index in [1.165, 1.54) is 11.3 Å². The summed E-state index contributed by atoms with van der Waals surface area (Å²) in [5, 5.41) is 7.97. The van der Waals surface area contributed by atoms with Crippen molar-refractivity contribution in [1.82, 2.24) is 9.71 Å². The molecule has 1 aromatic rings. The second-order valence-corrected chi connectivity index (χ2v) is 6.60. The maximum absolute atomic E-state index is 11.4. The summed E-state index contributed by atoms with van der Waals surface area (Å²) >= 11 is 1.36. The van der Waals surface area contributed by atoms with Crippen molar-refractivity contribution in [2.45, 2.75) is 25.6 Å². The molecule has 0 saturated heterocycles. The number of carboxylic acid groups (broad SMARTS) is 1. The van der Waals surface area contributed by atoms with Crippen molar-refractivity contribution < 1.29 is 18.3 Å². The first-order chi connectivity index (χ1) is 7.33. The first-order valence-corrected chi connectivity index (χ1v) is 6.82. The Labute approximate surface area is 97.4 Å². The Balaban J connectivity index is 2.65. The van der Waals surface area contributed by atoms with Crippen molar-refractivity contribution in [2.24, 2.45) is 0 Å². The number of hydrogen-bond acceptors (Lipinski definition) is 5. The SMILES string of the molecule is Cc1ncc(CNS(=O)(=O)C(C)C(=O)O)s1. The summed E-state index contributed by atoms with van der Waals surface area (Å²) in [7, 11) is -3.82. The van der Waals surface area contributed by atoms with Gasteiger partial charge in [-0.15, -0.1) is 11.3 Å². The highest BCUT2D eigenvalue weighted by atomic mass is 32.2. The van der Waals surface area contributed by atoms with Gasteiger partial charge in [-0.25, -0.2) is 18.1 Å². The summed E-state index contributed by atoms with van der Waals surface area (Å²) in [5.41, 5.74) is 0. The lowest BCUT2D eigenvalue weighted by Gasteiger charge is -2.08. The van der Waals surface area contributed by atoms with Crippen LogP contribution in [0.3, 0.4) is 0 Å². The second kappa shape index (κ2) is 4.89. The maximum Gasteiger partial charge on any atom is 0.323 e. The van der Waals surface area contributed by atoms with E-state index < -0.39 is 21.2 Å². The molecule has 0 spiro atoms. The molecule has 16 heavy (non-hydrogen) atoms. The van der Waals surface area contributed by atoms with Gasteiger partial charge in [0.05, 0.1) is 5.01 Å². The molecule has 1 rings (SSSR count). The highest BCUT2D eigenvalue weighted by molar-refractivity contribution is 7.90. The number of carboxylic acids is 1. The van der Waals surface area contributed by atoms with Crippen molar-refractivity contribution in [3.8, 4) is 0 Å². The molecule has 0 aliphatic rings. The van der Waals surface area contributed by atoms with Crippen molar-refractivity contribution in [3.63, 3.8) is 0 Å². The number of thiazole rings is 1. The van der Waals surface area contributed by atoms with Gasteiger partial charge in [0, 0.05) is 17.6 Å². The van der Waals surface area contributed by atoms with Gasteiger partial charge in [-0.1, -0.05) is 0 Å². The standard InChI is InChI=1S/C8H12N2O4S2/c1-5(8(11)12)16(13,14)10-4-7-3-9-6(2)15-7/h3,5,10H,4H2,1-2H3,(H,11,12). The van der Waals surface area contributed by atoms with E-state index >= 15 is 0 Å². The van der Waals surface area contributed by atoms with Gasteiger partial charge in [0.25, 0.3) is 0 Å². The number of carbonyl (C=O) groups is 1. The summed E-state index contributed by atoms with van der Waals surface area (Å²) in [4.78, 5) is 15.2. The Morgan fingerprint density at radius 1 is 1.69 bits per heavy atom. The van der Waals surface area contributed by atoms with Gasteiger partial charge in [-0.3, -0.25) is 4.79 Å². The minimum absolute atomic E-state index is 0.0749. The average Bonchev–Trinajstić information content (AvgIpc) is 2.60. The van der Waals surface area contributed by atoms with Gasteiger partial charge in [-0.05, 0) is 13.8 Å². The molecule has 0 saturated carbocycles. The molecule has 0 aliphatic carbocycles. The van der Waals surface area contributed by atoms with Crippen LogP contribution in [0.15, 0.2) is 6.20 Å². The van der Waals surface area contributed by atoms with E-state index in [9.17, 15) is 13.2 Å². The molecule has 0 aliphatic heterocycles. The van der Waals surface area contributed by atoms with Gasteiger partial charge >= 0.3 is 5.97 Å². The number of sulfonamides is 1. The van der Waals surface area contributed by atoms with Crippen LogP contribution in [0.4, 0.5) is 0 Å². The number of nitrogens with zero attached hydrogens (tertiary/aromatic N) is 1. The van der Waals surface area contributed by atoms with E-state index in [1.807, 2.05) is 6.92 Å². The molecule has 1 unspecified atom stereocenters. The normalized spacial score (nSPS) is 13.6. The quantitative estimate of drug-likeness (QED) is 0.799. The summed E-state index contributed by atoms with van der Waals surface area (Å²) in [6.07, 6.45) is 1.56. The molecule has 0 bridgehead atoms. The van der Waals surface area contributed by atoms with Gasteiger partial charge in [0.15, 0.2) is 5.25 Å². The van der Waals surface area contributed by atoms with Crippen LogP contribution in [0.1, 0.15) is 16.8 Å². The summed E-state index contributed by atoms with van der Waals surface area (Å²) < 4.78 is 25.1. The third-order valence-corrected chi connectivity index (χ3v) is 4.52. The molecule has 1 aromatic heterocycles. The Bertz CT molecular complexity index is 480. The van der Waals surface area contributed by atoms with Gasteiger partial charge in [0.1, 0.15) is 0 Å². The van der Waals surface area contributed by atoms with Gasteiger partial charge in [-0.2, -0.15) is 0 Å². The van der Waals surface area contributed by atoms with E-state index in [2.05, 4.69) is 9.71 Å². The predicted molar refractivity (Wildman–Crippen MR) is 59.7 cm³/mol. The average molecular weight is 264 g/mol. The van der Waals surface area contributed by atoms with Crippen LogP contribution >= 0.6 is 11.3 Å². The van der Waals surface area contributed by atoms with Crippen LogP contribution in [0.25, 0.3) is 0 Å². The molecule has 6 nitrogen and oxygen atoms in total. The number of nitrogens with one attached hydrogen (secondary N) is 1. The molecule has 0 fully saturated rings. The van der Waals surface area contributed by atoms with E-state index in [1.54, 1.807) is 6.20 Å². The first-order valence-electron chi connectivity index (χ1n) is 4.45. The molecular formula is C8H12N2O4S2. The second-order valence-electron chi connectivity index (χ2n) is 3.19. The van der Waals surface area contributed by atoms with Crippen LogP contribution in [0.2, 0.25) is 0 Å². The van der Waals surface area contributed by atoms with E-state index in [0.29, 0.717) is 0 Å². The Morgan fingerprint density at radius 3 is 2.75 bits per heavy atom. The third-order valence-electron chi connectivity index (χ3n) is 1.93. The van der Waals surface area contributed by atoms with Crippen LogP contribution in [0, 0.1) is 6.92 Å². The Kier molecular flexibility index (Phi) is 4.00. The lowest BCUT2D eigenvalue weighted by atomic mass is 10.5. The fourth-order valence-corrected chi connectivity index (χ4v) is 2.61. The lowest BCUT2D eigenvalue weighted by Crippen LogP contribution is -2.36. The molecular weight excluding hydrogens is 252 g/mol. The lowest BCUT2D eigenvalue weighted by molar-refractivity contribution is -0.136. The maximum atomic E-state index is 11.4. The minimum Gasteiger partial charge on any atom is -0.480 e. The minimum atomic E-state index is -3.82. The largest absolute Gasteiger partial charge is 0.480 e. The first kappa shape index (κ1) is 13.1. The summed E-state index contributed by atoms with van der Waals surface area (Å²) in [6, 6.07) is 0. The molecule has 1 atom stereocenters. The van der Waals surface area contributed by atoms with Crippen LogP contribution < -0.4 is 4.72 Å². The molecule has 1 heterocycles. The zero-order chi connectivity index (χ0) is 12.3. The van der Waals surface area contributed by atoms with Crippen LogP contribution in [-0.4, -0.2) is 29.7 Å². The van der Waals surface area contributed by atoms with Crippen LogP contribution in [-0.2, 0) is 21.4 Å². The molecule has 0 aromatic carbocycles. The molecule has 0 radical (unpaired) electrons. The van der Waals surface area contributed by atoms with E-state index in [-0.39, 0.29) is 6.54 Å². The number of rotatable bonds is 5. The Morgan fingerprint density at radius 2 is 2.31 bits per heavy atom. The number of aliphatic carboxylic acids is 1. The zero-order valence-electron chi connectivity index (χ0n) is 8.80. The van der Waals surface area contributed by atoms with E-state index in [0.717, 1.165) is 16.8 Å². The van der Waals surface area contributed by atoms with Crippen molar-refractivity contribution in [2.75, 3.05) is 0 Å². The zero-order valence-corrected chi connectivity index (χ0v) is 10.4. The smallest absolute Gasteiger partial charge is 0.323 e. The predicted octanol–water partition coefficient (Wildman–Crippen LogP) is 0.344. The number of hydrogen-bond donors (Lipinski definition) is 2. The third kappa shape index (κ3) is 3.26. The fraction of sp³-hybridized carbons (Fsp3) is 0.500. The molecule has 0 amide bonds. The Hall–Kier alpha value is -0.990. The van der Waals surface area contributed by atoms with Crippen molar-refractivity contribution in [3.05, 3.63) is 16.1 Å². The van der Waals surface area contributed by atoms with Crippen molar-refractivity contribution in [1.29, 1.82) is 0 Å². The number of aromatic nitrogens is 1. The van der Waals surface area contributed by atoms with Gasteiger partial charge < -0.3 is 5.11 Å². The summed E-state index contributed by atoms with van der Waals surface area (Å²) in [6.45, 7) is 3.01. The fourth-order valence-electron chi connectivity index (χ4n) is 0.916. The molecule has 8 heteroatoms. The molecule has 90 valence electrons. The monoisotopic (exact) mass is 264 g/mol. The topological polar surface area (TPSA) is 96.4 Å².